The second-order valence-electron chi connectivity index (χ2n) is 9.05. The number of amides is 1. The summed E-state index contributed by atoms with van der Waals surface area (Å²) >= 11 is 3.15. The highest BCUT2D eigenvalue weighted by Gasteiger charge is 2.29. The number of aromatic nitrogens is 2. The van der Waals surface area contributed by atoms with Gasteiger partial charge in [0.05, 0.1) is 16.3 Å². The van der Waals surface area contributed by atoms with Crippen molar-refractivity contribution in [3.05, 3.63) is 41.1 Å². The predicted octanol–water partition coefficient (Wildman–Crippen LogP) is 4.87. The van der Waals surface area contributed by atoms with Crippen molar-refractivity contribution in [1.82, 2.24) is 14.3 Å². The molecule has 35 heavy (non-hydrogen) atoms. The quantitative estimate of drug-likeness (QED) is 0.337. The number of aliphatic imine (C=N–C) groups is 1. The summed E-state index contributed by atoms with van der Waals surface area (Å²) in [6.45, 7) is 2.68. The number of carbonyl (C=O) groups excluding carboxylic acids is 1. The predicted molar refractivity (Wildman–Crippen MR) is 146 cm³/mol. The lowest BCUT2D eigenvalue weighted by atomic mass is 9.97. The summed E-state index contributed by atoms with van der Waals surface area (Å²) in [5, 5.41) is 1.95. The number of fused-ring (bicyclic) bond motifs is 3. The van der Waals surface area contributed by atoms with E-state index in [1.807, 2.05) is 0 Å². The van der Waals surface area contributed by atoms with Crippen LogP contribution in [-0.4, -0.2) is 57.9 Å². The lowest BCUT2D eigenvalue weighted by Crippen LogP contribution is -2.45. The van der Waals surface area contributed by atoms with Gasteiger partial charge in [0, 0.05) is 22.8 Å². The zero-order valence-electron chi connectivity index (χ0n) is 19.8. The van der Waals surface area contributed by atoms with Crippen LogP contribution < -0.4 is 0 Å². The molecule has 186 valence electrons. The zero-order valence-corrected chi connectivity index (χ0v) is 22.3. The fourth-order valence-corrected chi connectivity index (χ4v) is 8.92. The minimum atomic E-state index is -3.30. The van der Waals surface area contributed by atoms with Crippen LogP contribution in [0, 0.1) is 0 Å². The highest BCUT2D eigenvalue weighted by atomic mass is 32.2. The summed E-state index contributed by atoms with van der Waals surface area (Å²) in [5.41, 5.74) is 1.84. The molecule has 1 N–H and O–H groups in total. The van der Waals surface area contributed by atoms with Gasteiger partial charge in [0.15, 0.2) is 9.99 Å². The molecule has 0 radical (unpaired) electrons. The van der Waals surface area contributed by atoms with Crippen LogP contribution in [0.4, 0.5) is 0 Å². The molecule has 2 aromatic heterocycles. The third kappa shape index (κ3) is 5.17. The molecule has 1 fully saturated rings. The van der Waals surface area contributed by atoms with Gasteiger partial charge >= 0.3 is 0 Å². The van der Waals surface area contributed by atoms with Crippen LogP contribution in [0.5, 0.6) is 0 Å². The normalized spacial score (nSPS) is 22.3. The van der Waals surface area contributed by atoms with Crippen molar-refractivity contribution in [2.45, 2.75) is 69.4 Å². The van der Waals surface area contributed by atoms with E-state index in [2.05, 4.69) is 21.9 Å². The average Bonchev–Trinajstić information content (AvgIpc) is 3.27. The van der Waals surface area contributed by atoms with Gasteiger partial charge < -0.3 is 4.55 Å². The SMILES string of the molecule is CC[C@H]1CCCCN1S(=O)(O)=C1C=CC(=NC(=O)CSc2ncnc3sc4c(c23)CCCC4)C=C1. The second-order valence-corrected chi connectivity index (χ2v) is 13.0. The van der Waals surface area contributed by atoms with Crippen LogP contribution in [0.15, 0.2) is 40.6 Å². The first kappa shape index (κ1) is 24.8. The van der Waals surface area contributed by atoms with E-state index in [-0.39, 0.29) is 17.7 Å². The third-order valence-corrected chi connectivity index (χ3v) is 11.0. The largest absolute Gasteiger partial charge is 0.302 e. The molecule has 2 aliphatic carbocycles. The van der Waals surface area contributed by atoms with Crippen LogP contribution >= 0.6 is 23.1 Å². The molecule has 5 rings (SSSR count). The molecule has 0 spiro atoms. The molecule has 1 unspecified atom stereocenters. The van der Waals surface area contributed by atoms with Gasteiger partial charge in [-0.15, -0.1) is 11.3 Å². The number of nitrogens with zero attached hydrogens (tertiary/aromatic N) is 4. The number of thiophene rings is 1. The highest BCUT2D eigenvalue weighted by molar-refractivity contribution is 8.00. The van der Waals surface area contributed by atoms with Crippen molar-refractivity contribution in [1.29, 1.82) is 0 Å². The van der Waals surface area contributed by atoms with Gasteiger partial charge in [0.25, 0.3) is 5.91 Å². The summed E-state index contributed by atoms with van der Waals surface area (Å²) in [6, 6.07) is 0.117. The van der Waals surface area contributed by atoms with Crippen molar-refractivity contribution in [3.63, 3.8) is 0 Å². The van der Waals surface area contributed by atoms with E-state index in [1.54, 1.807) is 46.3 Å². The standard InChI is InChI=1S/C25H30N4O3S3/c1-2-18-7-5-6-14-29(18)35(31,32)19-12-10-17(11-13-19)28-22(30)15-33-24-23-20-8-3-4-9-21(20)34-25(23)27-16-26-24/h10-13,16,18H,2-9,14-15H2,1H3,(H,31,32)/t18-/m0/s1. The van der Waals surface area contributed by atoms with Crippen LogP contribution in [0.3, 0.4) is 0 Å². The van der Waals surface area contributed by atoms with Gasteiger partial charge in [0.2, 0.25) is 0 Å². The Bertz CT molecular complexity index is 1330. The Labute approximate surface area is 214 Å². The number of rotatable bonds is 5. The number of carbonyl (C=O) groups is 1. The van der Waals surface area contributed by atoms with Crippen molar-refractivity contribution in [2.75, 3.05) is 12.3 Å². The van der Waals surface area contributed by atoms with Crippen molar-refractivity contribution < 1.29 is 13.6 Å². The minimum Gasteiger partial charge on any atom is -0.302 e. The highest BCUT2D eigenvalue weighted by Crippen LogP contribution is 2.39. The van der Waals surface area contributed by atoms with Crippen molar-refractivity contribution >= 4 is 59.8 Å². The van der Waals surface area contributed by atoms with E-state index < -0.39 is 9.99 Å². The topological polar surface area (TPSA) is 95.8 Å². The minimum absolute atomic E-state index is 0.117. The first-order valence-corrected chi connectivity index (χ1v) is 15.5. The van der Waals surface area contributed by atoms with Crippen LogP contribution in [0.25, 0.3) is 10.2 Å². The molecule has 1 amide bonds. The maximum atomic E-state index is 13.3. The van der Waals surface area contributed by atoms with Gasteiger partial charge in [-0.05, 0) is 74.8 Å². The molecular formula is C25H30N4O3S3. The number of hydrogen-bond donors (Lipinski definition) is 1. The van der Waals surface area contributed by atoms with Crippen LogP contribution in [-0.2, 0) is 27.6 Å². The molecule has 0 aromatic carbocycles. The molecule has 10 heteroatoms. The first-order valence-electron chi connectivity index (χ1n) is 12.2. The van der Waals surface area contributed by atoms with Gasteiger partial charge in [-0.25, -0.2) is 23.5 Å². The monoisotopic (exact) mass is 530 g/mol. The molecule has 0 saturated carbocycles. The van der Waals surface area contributed by atoms with E-state index in [0.717, 1.165) is 53.8 Å². The van der Waals surface area contributed by atoms with Gasteiger partial charge in [-0.1, -0.05) is 25.1 Å². The molecule has 1 aliphatic heterocycles. The summed E-state index contributed by atoms with van der Waals surface area (Å²) in [6.07, 6.45) is 16.5. The second kappa shape index (κ2) is 10.6. The maximum Gasteiger partial charge on any atom is 0.256 e. The molecule has 0 bridgehead atoms. The number of piperidine rings is 1. The van der Waals surface area contributed by atoms with Gasteiger partial charge in [-0.2, -0.15) is 0 Å². The summed E-state index contributed by atoms with van der Waals surface area (Å²) in [5.74, 6) is -0.0771. The van der Waals surface area contributed by atoms with Crippen molar-refractivity contribution in [3.8, 4) is 0 Å². The van der Waals surface area contributed by atoms with E-state index in [1.165, 1.54) is 35.0 Å². The van der Waals surface area contributed by atoms with Crippen LogP contribution in [0.2, 0.25) is 0 Å². The number of allylic oxidation sites excluding steroid dienone is 4. The zero-order chi connectivity index (χ0) is 24.4. The molecule has 3 heterocycles. The third-order valence-electron chi connectivity index (χ3n) is 6.81. The average molecular weight is 531 g/mol. The fraction of sp³-hybridized carbons (Fsp3) is 0.480. The van der Waals surface area contributed by atoms with E-state index in [0.29, 0.717) is 17.1 Å². The summed E-state index contributed by atoms with van der Waals surface area (Å²) in [4.78, 5) is 28.5. The molecule has 7 nitrogen and oxygen atoms in total. The van der Waals surface area contributed by atoms with Gasteiger partial charge in [-0.3, -0.25) is 4.79 Å². The Hall–Kier alpha value is -1.85. The van der Waals surface area contributed by atoms with E-state index >= 15 is 0 Å². The Morgan fingerprint density at radius 2 is 2.00 bits per heavy atom. The molecule has 2 aromatic rings. The number of thioether (sulfide) groups is 1. The Morgan fingerprint density at radius 1 is 1.20 bits per heavy atom. The Kier molecular flexibility index (Phi) is 7.55. The maximum absolute atomic E-state index is 13.3. The Balaban J connectivity index is 1.28. The van der Waals surface area contributed by atoms with Crippen LogP contribution in [0.1, 0.15) is 55.9 Å². The molecule has 1 saturated heterocycles. The summed E-state index contributed by atoms with van der Waals surface area (Å²) < 4.78 is 25.9. The lowest BCUT2D eigenvalue weighted by molar-refractivity contribution is -0.115. The Morgan fingerprint density at radius 3 is 2.80 bits per heavy atom. The van der Waals surface area contributed by atoms with E-state index in [9.17, 15) is 13.6 Å². The summed E-state index contributed by atoms with van der Waals surface area (Å²) in [7, 11) is -3.30. The first-order chi connectivity index (χ1) is 17.0. The van der Waals surface area contributed by atoms with Gasteiger partial charge in [0.1, 0.15) is 16.2 Å². The lowest BCUT2D eigenvalue weighted by Gasteiger charge is -2.35. The fourth-order valence-electron chi connectivity index (χ4n) is 5.02. The number of aryl methyl sites for hydroxylation is 2. The smallest absolute Gasteiger partial charge is 0.256 e. The molecule has 3 aliphatic rings. The van der Waals surface area contributed by atoms with E-state index in [4.69, 9.17) is 0 Å². The molecule has 2 atom stereocenters. The number of hydrogen-bond acceptors (Lipinski definition) is 6. The molecular weight excluding hydrogens is 501 g/mol. The van der Waals surface area contributed by atoms with Crippen molar-refractivity contribution in [2.24, 2.45) is 4.99 Å².